The molecular formula is C27H25ClN4. The van der Waals surface area contributed by atoms with Crippen molar-refractivity contribution >= 4 is 34.5 Å². The van der Waals surface area contributed by atoms with Gasteiger partial charge in [0.2, 0.25) is 0 Å². The molecular weight excluding hydrogens is 416 g/mol. The van der Waals surface area contributed by atoms with E-state index in [4.69, 9.17) is 16.6 Å². The van der Waals surface area contributed by atoms with E-state index >= 15 is 0 Å². The third-order valence-corrected chi connectivity index (χ3v) is 5.90. The number of anilines is 3. The van der Waals surface area contributed by atoms with Crippen LogP contribution in [0.2, 0.25) is 5.02 Å². The van der Waals surface area contributed by atoms with Gasteiger partial charge in [0, 0.05) is 40.3 Å². The summed E-state index contributed by atoms with van der Waals surface area (Å²) in [6.07, 6.45) is 7.25. The van der Waals surface area contributed by atoms with Crippen LogP contribution in [0.4, 0.5) is 17.2 Å². The fraction of sp³-hybridized carbons (Fsp3) is 0.185. The van der Waals surface area contributed by atoms with Crippen molar-refractivity contribution in [2.45, 2.75) is 26.3 Å². The smallest absolute Gasteiger partial charge is 0.130 e. The summed E-state index contributed by atoms with van der Waals surface area (Å²) in [6, 6.07) is 22.7. The number of para-hydroxylation sites is 1. The molecule has 0 saturated carbocycles. The van der Waals surface area contributed by atoms with Crippen LogP contribution in [0.15, 0.2) is 101 Å². The lowest BCUT2D eigenvalue weighted by Gasteiger charge is -2.40. The standard InChI is InChI=1S/C27H25ClN4/c1-18(2)30-24-17-26-20(16-23(24)31-27-9-5-6-14-29-27)15-19-7-3-4-8-25(19)32(26)22-12-10-21(28)11-13-22/h3-14,16-18,20H,15H2,1-2H3,(H,29,31). The first kappa shape index (κ1) is 20.5. The Kier molecular flexibility index (Phi) is 5.54. The van der Waals surface area contributed by atoms with Crippen LogP contribution in [-0.4, -0.2) is 16.7 Å². The Morgan fingerprint density at radius 1 is 1.03 bits per heavy atom. The van der Waals surface area contributed by atoms with Crippen LogP contribution in [0.5, 0.6) is 0 Å². The summed E-state index contributed by atoms with van der Waals surface area (Å²) in [4.78, 5) is 11.7. The van der Waals surface area contributed by atoms with Crippen LogP contribution in [0.1, 0.15) is 19.4 Å². The van der Waals surface area contributed by atoms with E-state index in [0.717, 1.165) is 34.4 Å². The molecule has 2 heterocycles. The topological polar surface area (TPSA) is 40.5 Å². The summed E-state index contributed by atoms with van der Waals surface area (Å²) >= 11 is 6.19. The zero-order valence-electron chi connectivity index (χ0n) is 18.2. The van der Waals surface area contributed by atoms with E-state index in [-0.39, 0.29) is 12.0 Å². The maximum Gasteiger partial charge on any atom is 0.130 e. The molecule has 1 aromatic heterocycles. The third-order valence-electron chi connectivity index (χ3n) is 5.65. The van der Waals surface area contributed by atoms with Crippen molar-refractivity contribution in [1.82, 2.24) is 4.98 Å². The van der Waals surface area contributed by atoms with Gasteiger partial charge >= 0.3 is 0 Å². The molecule has 1 aliphatic heterocycles. The number of hydrogen-bond acceptors (Lipinski definition) is 4. The molecule has 0 saturated heterocycles. The fourth-order valence-electron chi connectivity index (χ4n) is 4.31. The second-order valence-electron chi connectivity index (χ2n) is 8.35. The number of aliphatic imine (C=N–C) groups is 1. The number of nitrogens with one attached hydrogen (secondary N) is 1. The molecule has 2 aliphatic rings. The first-order chi connectivity index (χ1) is 15.6. The number of rotatable bonds is 4. The molecule has 5 heteroatoms. The van der Waals surface area contributed by atoms with Gasteiger partial charge in [0.05, 0.1) is 11.4 Å². The summed E-state index contributed by atoms with van der Waals surface area (Å²) in [5.41, 5.74) is 6.78. The van der Waals surface area contributed by atoms with Crippen molar-refractivity contribution in [3.63, 3.8) is 0 Å². The SMILES string of the molecule is CC(C)N=C1C=C2C(C=C1Nc1ccccn1)Cc1ccccc1N2c1ccc(Cl)cc1. The van der Waals surface area contributed by atoms with E-state index in [0.29, 0.717) is 0 Å². The maximum atomic E-state index is 6.19. The highest BCUT2D eigenvalue weighted by atomic mass is 35.5. The van der Waals surface area contributed by atoms with Crippen LogP contribution in [-0.2, 0) is 6.42 Å². The fourth-order valence-corrected chi connectivity index (χ4v) is 4.44. The number of nitrogens with zero attached hydrogens (tertiary/aromatic N) is 3. The number of allylic oxidation sites excluding steroid dienone is 2. The Bertz CT molecular complexity index is 1210. The van der Waals surface area contributed by atoms with Crippen molar-refractivity contribution in [2.75, 3.05) is 10.2 Å². The van der Waals surface area contributed by atoms with Gasteiger partial charge in [-0.15, -0.1) is 0 Å². The molecule has 5 rings (SSSR count). The summed E-state index contributed by atoms with van der Waals surface area (Å²) in [7, 11) is 0. The van der Waals surface area contributed by atoms with E-state index in [1.807, 2.05) is 30.3 Å². The van der Waals surface area contributed by atoms with E-state index in [9.17, 15) is 0 Å². The Hall–Kier alpha value is -3.37. The van der Waals surface area contributed by atoms with Crippen LogP contribution in [0.25, 0.3) is 0 Å². The van der Waals surface area contributed by atoms with Gasteiger partial charge in [0.15, 0.2) is 0 Å². The molecule has 4 nitrogen and oxygen atoms in total. The molecule has 3 aromatic rings. The van der Waals surface area contributed by atoms with Gasteiger partial charge in [-0.2, -0.15) is 0 Å². The molecule has 32 heavy (non-hydrogen) atoms. The molecule has 0 bridgehead atoms. The molecule has 1 aliphatic carbocycles. The molecule has 0 amide bonds. The first-order valence-corrected chi connectivity index (χ1v) is 11.3. The highest BCUT2D eigenvalue weighted by Crippen LogP contribution is 2.44. The van der Waals surface area contributed by atoms with Gasteiger partial charge in [-0.25, -0.2) is 4.98 Å². The number of hydrogen-bond donors (Lipinski definition) is 1. The Labute approximate surface area is 194 Å². The highest BCUT2D eigenvalue weighted by Gasteiger charge is 2.33. The Morgan fingerprint density at radius 2 is 1.81 bits per heavy atom. The van der Waals surface area contributed by atoms with Crippen LogP contribution in [0.3, 0.4) is 0 Å². The third kappa shape index (κ3) is 4.06. The zero-order valence-corrected chi connectivity index (χ0v) is 18.9. The lowest BCUT2D eigenvalue weighted by Crippen LogP contribution is -2.33. The minimum Gasteiger partial charge on any atom is -0.339 e. The molecule has 0 spiro atoms. The van der Waals surface area contributed by atoms with Crippen molar-refractivity contribution in [3.05, 3.63) is 107 Å². The molecule has 1 N–H and O–H groups in total. The maximum absolute atomic E-state index is 6.19. The average molecular weight is 441 g/mol. The lowest BCUT2D eigenvalue weighted by atomic mass is 9.84. The molecule has 0 radical (unpaired) electrons. The monoisotopic (exact) mass is 440 g/mol. The Morgan fingerprint density at radius 3 is 2.56 bits per heavy atom. The first-order valence-electron chi connectivity index (χ1n) is 10.9. The van der Waals surface area contributed by atoms with Crippen LogP contribution < -0.4 is 10.2 Å². The molecule has 1 unspecified atom stereocenters. The largest absolute Gasteiger partial charge is 0.339 e. The average Bonchev–Trinajstić information content (AvgIpc) is 2.79. The van der Waals surface area contributed by atoms with Gasteiger partial charge in [-0.3, -0.25) is 4.99 Å². The van der Waals surface area contributed by atoms with Crippen molar-refractivity contribution in [3.8, 4) is 0 Å². The van der Waals surface area contributed by atoms with E-state index < -0.39 is 0 Å². The number of pyridine rings is 1. The van der Waals surface area contributed by atoms with Crippen molar-refractivity contribution in [2.24, 2.45) is 10.9 Å². The van der Waals surface area contributed by atoms with Gasteiger partial charge in [-0.1, -0.05) is 35.9 Å². The number of benzene rings is 2. The number of halogens is 1. The zero-order chi connectivity index (χ0) is 22.1. The second-order valence-corrected chi connectivity index (χ2v) is 8.79. The van der Waals surface area contributed by atoms with Crippen LogP contribution >= 0.6 is 11.6 Å². The molecule has 2 aromatic carbocycles. The molecule has 160 valence electrons. The van der Waals surface area contributed by atoms with Crippen molar-refractivity contribution in [1.29, 1.82) is 0 Å². The minimum atomic E-state index is 0.173. The normalized spacial score (nSPS) is 18.7. The summed E-state index contributed by atoms with van der Waals surface area (Å²) in [6.45, 7) is 4.20. The predicted octanol–water partition coefficient (Wildman–Crippen LogP) is 6.79. The highest BCUT2D eigenvalue weighted by molar-refractivity contribution is 6.30. The minimum absolute atomic E-state index is 0.173. The van der Waals surface area contributed by atoms with Gasteiger partial charge in [0.1, 0.15) is 5.82 Å². The number of aromatic nitrogens is 1. The summed E-state index contributed by atoms with van der Waals surface area (Å²) < 4.78 is 0. The lowest BCUT2D eigenvalue weighted by molar-refractivity contribution is 0.698. The quantitative estimate of drug-likeness (QED) is 0.485. The number of fused-ring (bicyclic) bond motifs is 2. The second kappa shape index (κ2) is 8.64. The van der Waals surface area contributed by atoms with E-state index in [1.165, 1.54) is 16.9 Å². The molecule has 1 atom stereocenters. The van der Waals surface area contributed by atoms with Gasteiger partial charge in [-0.05, 0) is 80.4 Å². The van der Waals surface area contributed by atoms with Crippen LogP contribution in [0, 0.1) is 5.92 Å². The van der Waals surface area contributed by atoms with Gasteiger partial charge < -0.3 is 10.2 Å². The van der Waals surface area contributed by atoms with E-state index in [1.54, 1.807) is 6.20 Å². The van der Waals surface area contributed by atoms with E-state index in [2.05, 4.69) is 77.6 Å². The summed E-state index contributed by atoms with van der Waals surface area (Å²) in [5.74, 6) is 1.04. The summed E-state index contributed by atoms with van der Waals surface area (Å²) in [5, 5.41) is 4.23. The molecule has 0 fully saturated rings. The van der Waals surface area contributed by atoms with Crippen molar-refractivity contribution < 1.29 is 0 Å². The van der Waals surface area contributed by atoms with Gasteiger partial charge in [0.25, 0.3) is 0 Å². The predicted molar refractivity (Wildman–Crippen MR) is 134 cm³/mol. The Balaban J connectivity index is 1.63.